The molecule has 1 aromatic carbocycles. The van der Waals surface area contributed by atoms with Crippen LogP contribution in [0.25, 0.3) is 0 Å². The number of rotatable bonds is 2. The fraction of sp³-hybridized carbons (Fsp3) is 0.500. The highest BCUT2D eigenvalue weighted by molar-refractivity contribution is 9.10. The monoisotopic (exact) mass is 307 g/mol. The van der Waals surface area contributed by atoms with Gasteiger partial charge in [0.25, 0.3) is 5.92 Å². The van der Waals surface area contributed by atoms with E-state index < -0.39 is 5.92 Å². The highest BCUT2D eigenvalue weighted by atomic mass is 79.9. The Hall–Kier alpha value is -0.550. The molecule has 0 N–H and O–H groups in total. The quantitative estimate of drug-likeness (QED) is 0.803. The average molecular weight is 308 g/mol. The van der Waals surface area contributed by atoms with Crippen LogP contribution in [-0.2, 0) is 6.54 Å². The van der Waals surface area contributed by atoms with Gasteiger partial charge in [-0.25, -0.2) is 13.2 Å². The number of hydrogen-bond donors (Lipinski definition) is 0. The smallest absolute Gasteiger partial charge is 0.260 e. The van der Waals surface area contributed by atoms with Gasteiger partial charge in [-0.2, -0.15) is 0 Å². The van der Waals surface area contributed by atoms with Crippen molar-refractivity contribution in [1.82, 2.24) is 4.90 Å². The minimum atomic E-state index is -2.61. The van der Waals surface area contributed by atoms with Crippen LogP contribution in [0, 0.1) is 5.82 Å². The van der Waals surface area contributed by atoms with E-state index in [1.165, 1.54) is 12.1 Å². The van der Waals surface area contributed by atoms with Gasteiger partial charge in [-0.3, -0.25) is 4.90 Å². The van der Waals surface area contributed by atoms with E-state index in [1.54, 1.807) is 11.0 Å². The van der Waals surface area contributed by atoms with Crippen LogP contribution in [0.2, 0.25) is 0 Å². The third-order valence-corrected chi connectivity index (χ3v) is 3.26. The molecular weight excluding hydrogens is 295 g/mol. The topological polar surface area (TPSA) is 3.24 Å². The van der Waals surface area contributed by atoms with Crippen molar-refractivity contribution in [2.24, 2.45) is 0 Å². The molecule has 0 amide bonds. The second kappa shape index (κ2) is 4.98. The summed E-state index contributed by atoms with van der Waals surface area (Å²) in [5, 5.41) is 0. The van der Waals surface area contributed by atoms with E-state index in [4.69, 9.17) is 0 Å². The van der Waals surface area contributed by atoms with Crippen molar-refractivity contribution in [2.45, 2.75) is 25.3 Å². The number of piperidine rings is 1. The Bertz CT molecular complexity index is 388. The summed E-state index contributed by atoms with van der Waals surface area (Å²) in [6, 6.07) is 4.50. The Morgan fingerprint density at radius 3 is 2.71 bits per heavy atom. The first-order valence-corrected chi connectivity index (χ1v) is 6.29. The summed E-state index contributed by atoms with van der Waals surface area (Å²) < 4.78 is 40.2. The van der Waals surface area contributed by atoms with Crippen LogP contribution in [0.3, 0.4) is 0 Å². The largest absolute Gasteiger partial charge is 0.293 e. The van der Waals surface area contributed by atoms with Crippen LogP contribution in [0.4, 0.5) is 13.2 Å². The third kappa shape index (κ3) is 3.71. The Morgan fingerprint density at radius 1 is 1.29 bits per heavy atom. The molecule has 0 atom stereocenters. The lowest BCUT2D eigenvalue weighted by molar-refractivity contribution is -0.0661. The molecule has 1 fully saturated rings. The number of hydrogen-bond acceptors (Lipinski definition) is 1. The van der Waals surface area contributed by atoms with Gasteiger partial charge in [0.1, 0.15) is 5.82 Å². The lowest BCUT2D eigenvalue weighted by Gasteiger charge is -2.32. The fourth-order valence-corrected chi connectivity index (χ4v) is 2.65. The molecule has 1 aliphatic heterocycles. The van der Waals surface area contributed by atoms with Gasteiger partial charge >= 0.3 is 0 Å². The van der Waals surface area contributed by atoms with Crippen molar-refractivity contribution in [3.8, 4) is 0 Å². The van der Waals surface area contributed by atoms with Crippen LogP contribution < -0.4 is 0 Å². The molecule has 1 nitrogen and oxygen atoms in total. The second-order valence-electron chi connectivity index (χ2n) is 4.45. The van der Waals surface area contributed by atoms with E-state index in [9.17, 15) is 13.2 Å². The van der Waals surface area contributed by atoms with E-state index >= 15 is 0 Å². The molecule has 0 unspecified atom stereocenters. The van der Waals surface area contributed by atoms with Crippen LogP contribution in [-0.4, -0.2) is 23.9 Å². The number of likely N-dealkylation sites (tertiary alicyclic amines) is 1. The van der Waals surface area contributed by atoms with Gasteiger partial charge in [0.05, 0.1) is 6.54 Å². The summed E-state index contributed by atoms with van der Waals surface area (Å²) in [5.74, 6) is -2.96. The zero-order valence-corrected chi connectivity index (χ0v) is 10.8. The van der Waals surface area contributed by atoms with Crippen LogP contribution in [0.15, 0.2) is 22.7 Å². The van der Waals surface area contributed by atoms with Crippen molar-refractivity contribution in [3.05, 3.63) is 34.1 Å². The van der Waals surface area contributed by atoms with E-state index in [1.807, 2.05) is 0 Å². The summed E-state index contributed by atoms with van der Waals surface area (Å²) in [7, 11) is 0. The highest BCUT2D eigenvalue weighted by Gasteiger charge is 2.34. The number of alkyl halides is 2. The zero-order valence-electron chi connectivity index (χ0n) is 9.23. The molecule has 1 saturated heterocycles. The van der Waals surface area contributed by atoms with Crippen LogP contribution in [0.5, 0.6) is 0 Å². The Kier molecular flexibility index (Phi) is 3.78. The van der Waals surface area contributed by atoms with Gasteiger partial charge in [-0.15, -0.1) is 0 Å². The van der Waals surface area contributed by atoms with Gasteiger partial charge in [0.15, 0.2) is 0 Å². The average Bonchev–Trinajstić information content (AvgIpc) is 2.13. The minimum absolute atomic E-state index is 0.0453. The molecule has 1 aromatic rings. The van der Waals surface area contributed by atoms with Gasteiger partial charge in [0.2, 0.25) is 0 Å². The Morgan fingerprint density at radius 2 is 2.06 bits per heavy atom. The standard InChI is InChI=1S/C12H13BrF3N/c13-10-4-9(5-11(14)6-10)7-17-3-1-2-12(15,16)8-17/h4-6H,1-3,7-8H2. The summed E-state index contributed by atoms with van der Waals surface area (Å²) in [5.41, 5.74) is 0.717. The van der Waals surface area contributed by atoms with Crippen LogP contribution >= 0.6 is 15.9 Å². The first-order valence-electron chi connectivity index (χ1n) is 5.50. The minimum Gasteiger partial charge on any atom is -0.293 e. The van der Waals surface area contributed by atoms with E-state index in [2.05, 4.69) is 15.9 Å². The number of benzene rings is 1. The number of nitrogens with zero attached hydrogens (tertiary/aromatic N) is 1. The van der Waals surface area contributed by atoms with Crippen molar-refractivity contribution in [3.63, 3.8) is 0 Å². The molecule has 1 heterocycles. The molecule has 0 saturated carbocycles. The van der Waals surface area contributed by atoms with Crippen LogP contribution in [0.1, 0.15) is 18.4 Å². The Labute approximate surface area is 107 Å². The zero-order chi connectivity index (χ0) is 12.5. The molecule has 2 rings (SSSR count). The summed E-state index contributed by atoms with van der Waals surface area (Å²) in [4.78, 5) is 1.67. The van der Waals surface area contributed by atoms with E-state index in [0.29, 0.717) is 24.0 Å². The predicted octanol–water partition coefficient (Wildman–Crippen LogP) is 3.82. The highest BCUT2D eigenvalue weighted by Crippen LogP contribution is 2.27. The molecule has 1 aliphatic rings. The maximum atomic E-state index is 13.2. The third-order valence-electron chi connectivity index (χ3n) is 2.80. The Balaban J connectivity index is 2.05. The normalized spacial score (nSPS) is 20.5. The van der Waals surface area contributed by atoms with E-state index in [-0.39, 0.29) is 18.8 Å². The molecule has 0 bridgehead atoms. The molecule has 17 heavy (non-hydrogen) atoms. The van der Waals surface area contributed by atoms with Crippen molar-refractivity contribution >= 4 is 15.9 Å². The summed E-state index contributed by atoms with van der Waals surface area (Å²) in [6.07, 6.45) is 0.444. The van der Waals surface area contributed by atoms with Gasteiger partial charge in [-0.1, -0.05) is 15.9 Å². The maximum Gasteiger partial charge on any atom is 0.260 e. The van der Waals surface area contributed by atoms with Gasteiger partial charge in [0, 0.05) is 17.4 Å². The van der Waals surface area contributed by atoms with Gasteiger partial charge < -0.3 is 0 Å². The lowest BCUT2D eigenvalue weighted by atomic mass is 10.1. The predicted molar refractivity (Wildman–Crippen MR) is 63.6 cm³/mol. The molecule has 5 heteroatoms. The first kappa shape index (κ1) is 12.9. The maximum absolute atomic E-state index is 13.2. The first-order chi connectivity index (χ1) is 7.94. The summed E-state index contributed by atoms with van der Waals surface area (Å²) >= 11 is 3.19. The summed E-state index contributed by atoms with van der Waals surface area (Å²) in [6.45, 7) is 0.775. The van der Waals surface area contributed by atoms with Crippen molar-refractivity contribution < 1.29 is 13.2 Å². The van der Waals surface area contributed by atoms with Crippen molar-refractivity contribution in [2.75, 3.05) is 13.1 Å². The second-order valence-corrected chi connectivity index (χ2v) is 5.36. The molecule has 0 spiro atoms. The fourth-order valence-electron chi connectivity index (χ4n) is 2.14. The lowest BCUT2D eigenvalue weighted by Crippen LogP contribution is -2.42. The number of halogens is 4. The molecule has 94 valence electrons. The van der Waals surface area contributed by atoms with E-state index in [0.717, 1.165) is 5.56 Å². The van der Waals surface area contributed by atoms with Crippen molar-refractivity contribution in [1.29, 1.82) is 0 Å². The SMILES string of the molecule is Fc1cc(Br)cc(CN2CCCC(F)(F)C2)c1. The molecule has 0 aromatic heterocycles. The molecule has 0 aliphatic carbocycles. The molecular formula is C12H13BrF3N. The van der Waals surface area contributed by atoms with Gasteiger partial charge in [-0.05, 0) is 36.7 Å². The molecule has 0 radical (unpaired) electrons.